The Morgan fingerprint density at radius 3 is 3.15 bits per heavy atom. The first kappa shape index (κ1) is 10.3. The second-order valence-electron chi connectivity index (χ2n) is 3.09. The van der Waals surface area contributed by atoms with E-state index in [1.807, 2.05) is 11.3 Å². The molecule has 0 aliphatic rings. The number of rotatable bonds is 5. The fourth-order valence-corrected chi connectivity index (χ4v) is 1.85. The Labute approximate surface area is 84.2 Å². The number of hydrogen-bond acceptors (Lipinski definition) is 2. The van der Waals surface area contributed by atoms with Crippen LogP contribution in [0.2, 0.25) is 0 Å². The summed E-state index contributed by atoms with van der Waals surface area (Å²) in [5, 5.41) is 5.50. The van der Waals surface area contributed by atoms with Crippen LogP contribution in [-0.2, 0) is 6.42 Å². The highest BCUT2D eigenvalue weighted by molar-refractivity contribution is 7.09. The zero-order chi connectivity index (χ0) is 9.52. The molecule has 0 amide bonds. The van der Waals surface area contributed by atoms with E-state index in [-0.39, 0.29) is 0 Å². The molecule has 0 saturated heterocycles. The van der Waals surface area contributed by atoms with Crippen LogP contribution in [0, 0.1) is 12.3 Å². The molecule has 1 aromatic heterocycles. The van der Waals surface area contributed by atoms with Crippen molar-refractivity contribution >= 4 is 11.3 Å². The first-order valence-corrected chi connectivity index (χ1v) is 5.40. The second kappa shape index (κ2) is 5.80. The third kappa shape index (κ3) is 4.12. The normalized spacial score (nSPS) is 12.3. The molecule has 1 unspecified atom stereocenters. The summed E-state index contributed by atoms with van der Waals surface area (Å²) in [5.41, 5.74) is 0. The first-order chi connectivity index (χ1) is 6.33. The molecule has 1 nitrogen and oxygen atoms in total. The maximum Gasteiger partial charge on any atom is 0.0238 e. The van der Waals surface area contributed by atoms with Gasteiger partial charge < -0.3 is 5.32 Å². The molecule has 1 aromatic rings. The zero-order valence-corrected chi connectivity index (χ0v) is 8.73. The third-order valence-electron chi connectivity index (χ3n) is 1.87. The van der Waals surface area contributed by atoms with E-state index in [1.165, 1.54) is 4.88 Å². The molecule has 0 aromatic carbocycles. The maximum atomic E-state index is 5.21. The molecule has 13 heavy (non-hydrogen) atoms. The maximum absolute atomic E-state index is 5.21. The zero-order valence-electron chi connectivity index (χ0n) is 7.92. The van der Waals surface area contributed by atoms with Gasteiger partial charge in [-0.3, -0.25) is 0 Å². The van der Waals surface area contributed by atoms with Crippen molar-refractivity contribution in [2.75, 3.05) is 6.54 Å². The van der Waals surface area contributed by atoms with Crippen molar-refractivity contribution < 1.29 is 0 Å². The van der Waals surface area contributed by atoms with Gasteiger partial charge in [-0.2, -0.15) is 0 Å². The highest BCUT2D eigenvalue weighted by Crippen LogP contribution is 2.08. The summed E-state index contributed by atoms with van der Waals surface area (Å²) in [5.74, 6) is 2.65. The fraction of sp³-hybridized carbons (Fsp3) is 0.455. The Balaban J connectivity index is 2.11. The average molecular weight is 193 g/mol. The van der Waals surface area contributed by atoms with Crippen LogP contribution in [-0.4, -0.2) is 12.6 Å². The molecular formula is C11H15NS. The molecule has 0 aliphatic heterocycles. The molecule has 0 bridgehead atoms. The van der Waals surface area contributed by atoms with E-state index in [0.29, 0.717) is 6.04 Å². The van der Waals surface area contributed by atoms with Crippen molar-refractivity contribution in [3.63, 3.8) is 0 Å². The Morgan fingerprint density at radius 2 is 2.54 bits per heavy atom. The monoisotopic (exact) mass is 193 g/mol. The van der Waals surface area contributed by atoms with Crippen LogP contribution in [0.3, 0.4) is 0 Å². The minimum Gasteiger partial charge on any atom is -0.313 e. The van der Waals surface area contributed by atoms with Gasteiger partial charge in [0.2, 0.25) is 0 Å². The van der Waals surface area contributed by atoms with E-state index in [4.69, 9.17) is 6.42 Å². The molecule has 0 radical (unpaired) electrons. The van der Waals surface area contributed by atoms with Crippen LogP contribution in [0.15, 0.2) is 17.5 Å². The summed E-state index contributed by atoms with van der Waals surface area (Å²) >= 11 is 1.81. The molecule has 1 N–H and O–H groups in total. The Morgan fingerprint density at radius 1 is 1.69 bits per heavy atom. The highest BCUT2D eigenvalue weighted by Gasteiger charge is 1.98. The van der Waals surface area contributed by atoms with Crippen LogP contribution in [0.4, 0.5) is 0 Å². The van der Waals surface area contributed by atoms with Crippen LogP contribution >= 0.6 is 11.3 Å². The molecular weight excluding hydrogens is 178 g/mol. The molecule has 0 saturated carbocycles. The van der Waals surface area contributed by atoms with E-state index < -0.39 is 0 Å². The second-order valence-corrected chi connectivity index (χ2v) is 4.13. The summed E-state index contributed by atoms with van der Waals surface area (Å²) in [4.78, 5) is 1.43. The molecule has 1 rings (SSSR count). The lowest BCUT2D eigenvalue weighted by molar-refractivity contribution is 0.563. The van der Waals surface area contributed by atoms with Crippen molar-refractivity contribution in [2.24, 2.45) is 0 Å². The minimum absolute atomic E-state index is 0.435. The number of terminal acetylenes is 1. The molecule has 1 atom stereocenters. The summed E-state index contributed by atoms with van der Waals surface area (Å²) < 4.78 is 0. The smallest absolute Gasteiger partial charge is 0.0238 e. The quantitative estimate of drug-likeness (QED) is 0.707. The van der Waals surface area contributed by atoms with Crippen molar-refractivity contribution in [1.29, 1.82) is 0 Å². The summed E-state index contributed by atoms with van der Waals surface area (Å²) in [6, 6.07) is 4.69. The van der Waals surface area contributed by atoms with E-state index >= 15 is 0 Å². The minimum atomic E-state index is 0.435. The van der Waals surface area contributed by atoms with E-state index in [1.54, 1.807) is 0 Å². The molecule has 1 heterocycles. The van der Waals surface area contributed by atoms with Gasteiger partial charge in [0, 0.05) is 23.9 Å². The average Bonchev–Trinajstić information content (AvgIpc) is 2.57. The van der Waals surface area contributed by atoms with E-state index in [9.17, 15) is 0 Å². The van der Waals surface area contributed by atoms with Crippen LogP contribution in [0.1, 0.15) is 18.2 Å². The number of hydrogen-bond donors (Lipinski definition) is 1. The van der Waals surface area contributed by atoms with Crippen LogP contribution in [0.5, 0.6) is 0 Å². The summed E-state index contributed by atoms with van der Waals surface area (Å²) in [6.07, 6.45) is 7.12. The molecule has 70 valence electrons. The Bertz CT molecular complexity index is 258. The van der Waals surface area contributed by atoms with Crippen molar-refractivity contribution in [3.05, 3.63) is 22.4 Å². The van der Waals surface area contributed by atoms with Crippen molar-refractivity contribution in [1.82, 2.24) is 5.32 Å². The van der Waals surface area contributed by atoms with Gasteiger partial charge in [-0.25, -0.2) is 0 Å². The predicted molar refractivity (Wildman–Crippen MR) is 58.9 cm³/mol. The van der Waals surface area contributed by atoms with Gasteiger partial charge in [-0.05, 0) is 24.8 Å². The molecule has 0 spiro atoms. The molecule has 0 fully saturated rings. The van der Waals surface area contributed by atoms with Gasteiger partial charge in [0.15, 0.2) is 0 Å². The highest BCUT2D eigenvalue weighted by atomic mass is 32.1. The summed E-state index contributed by atoms with van der Waals surface area (Å²) in [6.45, 7) is 3.14. The molecule has 2 heteroatoms. The SMILES string of the molecule is C#CCC(C)NCCc1cccs1. The Kier molecular flexibility index (Phi) is 4.59. The number of thiophene rings is 1. The lowest BCUT2D eigenvalue weighted by Crippen LogP contribution is -2.27. The van der Waals surface area contributed by atoms with Gasteiger partial charge in [-0.1, -0.05) is 6.07 Å². The topological polar surface area (TPSA) is 12.0 Å². The molecule has 0 aliphatic carbocycles. The van der Waals surface area contributed by atoms with E-state index in [0.717, 1.165) is 19.4 Å². The first-order valence-electron chi connectivity index (χ1n) is 4.52. The van der Waals surface area contributed by atoms with Crippen molar-refractivity contribution in [3.8, 4) is 12.3 Å². The summed E-state index contributed by atoms with van der Waals surface area (Å²) in [7, 11) is 0. The Hall–Kier alpha value is -0.780. The van der Waals surface area contributed by atoms with Crippen molar-refractivity contribution in [2.45, 2.75) is 25.8 Å². The van der Waals surface area contributed by atoms with Gasteiger partial charge in [-0.15, -0.1) is 23.7 Å². The van der Waals surface area contributed by atoms with Gasteiger partial charge >= 0.3 is 0 Å². The largest absolute Gasteiger partial charge is 0.313 e. The number of nitrogens with one attached hydrogen (secondary N) is 1. The third-order valence-corrected chi connectivity index (χ3v) is 2.80. The standard InChI is InChI=1S/C11H15NS/c1-3-5-10(2)12-8-7-11-6-4-9-13-11/h1,4,6,9-10,12H,5,7-8H2,2H3. The van der Waals surface area contributed by atoms with Crippen LogP contribution in [0.25, 0.3) is 0 Å². The van der Waals surface area contributed by atoms with Gasteiger partial charge in [0.05, 0.1) is 0 Å². The van der Waals surface area contributed by atoms with Gasteiger partial charge in [0.1, 0.15) is 0 Å². The van der Waals surface area contributed by atoms with Gasteiger partial charge in [0.25, 0.3) is 0 Å². The lowest BCUT2D eigenvalue weighted by atomic mass is 10.2. The predicted octanol–water partition coefficient (Wildman–Crippen LogP) is 2.29. The van der Waals surface area contributed by atoms with E-state index in [2.05, 4.69) is 35.7 Å². The fourth-order valence-electron chi connectivity index (χ4n) is 1.15. The van der Waals surface area contributed by atoms with Crippen LogP contribution < -0.4 is 5.32 Å². The lowest BCUT2D eigenvalue weighted by Gasteiger charge is -2.09.